The molecule has 1 aromatic rings. The van der Waals surface area contributed by atoms with Gasteiger partial charge < -0.3 is 5.73 Å². The minimum absolute atomic E-state index is 0. The molecule has 0 radical (unpaired) electrons. The maximum absolute atomic E-state index is 12.9. The van der Waals surface area contributed by atoms with E-state index in [4.69, 9.17) is 11.0 Å². The van der Waals surface area contributed by atoms with E-state index in [-0.39, 0.29) is 18.4 Å². The van der Waals surface area contributed by atoms with Crippen molar-refractivity contribution in [2.45, 2.75) is 19.9 Å². The van der Waals surface area contributed by atoms with Gasteiger partial charge in [-0.2, -0.15) is 5.26 Å². The summed E-state index contributed by atoms with van der Waals surface area (Å²) in [7, 11) is 0. The lowest BCUT2D eigenvalue weighted by Crippen LogP contribution is -2.08. The lowest BCUT2D eigenvalue weighted by atomic mass is 9.98. The van der Waals surface area contributed by atoms with Gasteiger partial charge in [0.05, 0.1) is 11.6 Å². The third-order valence-electron chi connectivity index (χ3n) is 2.02. The predicted octanol–water partition coefficient (Wildman–Crippen LogP) is 2.45. The van der Waals surface area contributed by atoms with Crippen LogP contribution in [0, 0.1) is 24.1 Å². The first-order valence-electron chi connectivity index (χ1n) is 4.02. The Balaban J connectivity index is 0.00000169. The van der Waals surface area contributed by atoms with E-state index in [1.807, 2.05) is 6.07 Å². The summed E-state index contributed by atoms with van der Waals surface area (Å²) in [5, 5.41) is 8.69. The molecule has 14 heavy (non-hydrogen) atoms. The van der Waals surface area contributed by atoms with E-state index >= 15 is 0 Å². The summed E-state index contributed by atoms with van der Waals surface area (Å²) in [6.07, 6.45) is 0. The molecule has 0 saturated carbocycles. The van der Waals surface area contributed by atoms with Crippen molar-refractivity contribution >= 4 is 12.4 Å². The Morgan fingerprint density at radius 1 is 1.50 bits per heavy atom. The van der Waals surface area contributed by atoms with Crippen LogP contribution in [0.25, 0.3) is 0 Å². The molecule has 1 rings (SSSR count). The van der Waals surface area contributed by atoms with Crippen LogP contribution >= 0.6 is 12.4 Å². The monoisotopic (exact) mass is 214 g/mol. The third kappa shape index (κ3) is 2.44. The quantitative estimate of drug-likeness (QED) is 0.781. The van der Waals surface area contributed by atoms with Gasteiger partial charge in [-0.3, -0.25) is 0 Å². The van der Waals surface area contributed by atoms with Crippen molar-refractivity contribution < 1.29 is 4.39 Å². The fourth-order valence-corrected chi connectivity index (χ4v) is 1.29. The lowest BCUT2D eigenvalue weighted by molar-refractivity contribution is 0.620. The molecule has 1 unspecified atom stereocenters. The summed E-state index contributed by atoms with van der Waals surface area (Å²) in [5.41, 5.74) is 7.44. The molecule has 0 amide bonds. The molecular formula is C10H12ClFN2. The summed E-state index contributed by atoms with van der Waals surface area (Å²) in [5.74, 6) is -0.408. The average Bonchev–Trinajstić information content (AvgIpc) is 2.08. The van der Waals surface area contributed by atoms with Crippen molar-refractivity contribution in [3.8, 4) is 6.07 Å². The number of rotatable bonds is 1. The van der Waals surface area contributed by atoms with E-state index in [0.717, 1.165) is 5.56 Å². The number of hydrogen-bond acceptors (Lipinski definition) is 2. The highest BCUT2D eigenvalue weighted by molar-refractivity contribution is 5.85. The first kappa shape index (κ1) is 12.9. The Kier molecular flexibility index (Phi) is 4.55. The first-order chi connectivity index (χ1) is 6.06. The molecule has 4 heteroatoms. The predicted molar refractivity (Wildman–Crippen MR) is 55.7 cm³/mol. The zero-order valence-corrected chi connectivity index (χ0v) is 8.86. The lowest BCUT2D eigenvalue weighted by Gasteiger charge is -2.10. The van der Waals surface area contributed by atoms with Crippen molar-refractivity contribution in [2.75, 3.05) is 0 Å². The normalized spacial score (nSPS) is 11.4. The van der Waals surface area contributed by atoms with Gasteiger partial charge in [0.2, 0.25) is 0 Å². The fourth-order valence-electron chi connectivity index (χ4n) is 1.29. The smallest absolute Gasteiger partial charge is 0.124 e. The maximum atomic E-state index is 12.9. The highest BCUT2D eigenvalue weighted by Gasteiger charge is 2.09. The van der Waals surface area contributed by atoms with Crippen LogP contribution in [0.2, 0.25) is 0 Å². The van der Waals surface area contributed by atoms with Crippen molar-refractivity contribution in [3.05, 3.63) is 34.6 Å². The fraction of sp³-hybridized carbons (Fsp3) is 0.300. The largest absolute Gasteiger partial charge is 0.324 e. The molecule has 2 nitrogen and oxygen atoms in total. The average molecular weight is 215 g/mol. The number of nitriles is 1. The second-order valence-corrected chi connectivity index (χ2v) is 3.07. The van der Waals surface area contributed by atoms with Gasteiger partial charge in [0.25, 0.3) is 0 Å². The molecule has 0 heterocycles. The Bertz CT molecular complexity index is 369. The molecule has 2 N–H and O–H groups in total. The zero-order valence-electron chi connectivity index (χ0n) is 8.04. The number of halogens is 2. The first-order valence-corrected chi connectivity index (χ1v) is 4.02. The molecule has 0 aromatic heterocycles. The number of nitrogens with zero attached hydrogens (tertiary/aromatic N) is 1. The Labute approximate surface area is 88.9 Å². The highest BCUT2D eigenvalue weighted by atomic mass is 35.5. The number of nitrogens with two attached hydrogens (primary N) is 1. The van der Waals surface area contributed by atoms with Crippen LogP contribution in [0.5, 0.6) is 0 Å². The minimum atomic E-state index is -0.408. The second-order valence-electron chi connectivity index (χ2n) is 3.07. The molecule has 0 bridgehead atoms. The summed E-state index contributed by atoms with van der Waals surface area (Å²) in [6.45, 7) is 3.54. The molecule has 0 aliphatic rings. The zero-order chi connectivity index (χ0) is 10.0. The van der Waals surface area contributed by atoms with Gasteiger partial charge in [-0.25, -0.2) is 4.39 Å². The highest BCUT2D eigenvalue weighted by Crippen LogP contribution is 2.20. The van der Waals surface area contributed by atoms with Crippen molar-refractivity contribution in [3.63, 3.8) is 0 Å². The molecule has 0 aliphatic carbocycles. The summed E-state index contributed by atoms with van der Waals surface area (Å²) < 4.78 is 12.9. The van der Waals surface area contributed by atoms with Crippen LogP contribution in [0.1, 0.15) is 29.7 Å². The Hall–Kier alpha value is -1.11. The van der Waals surface area contributed by atoms with Crippen molar-refractivity contribution in [1.82, 2.24) is 0 Å². The Morgan fingerprint density at radius 2 is 2.07 bits per heavy atom. The van der Waals surface area contributed by atoms with Gasteiger partial charge in [0, 0.05) is 6.04 Å². The molecule has 1 aromatic carbocycles. The molecule has 1 atom stereocenters. The van der Waals surface area contributed by atoms with Gasteiger partial charge in [-0.1, -0.05) is 0 Å². The van der Waals surface area contributed by atoms with Crippen molar-refractivity contribution in [1.29, 1.82) is 5.26 Å². The Morgan fingerprint density at radius 3 is 2.50 bits per heavy atom. The molecule has 76 valence electrons. The standard InChI is InChI=1S/C10H11FN2.ClH/c1-6-8(5-12)3-9(11)4-10(6)7(2)13;/h3-4,7H,13H2,1-2H3;1H. The van der Waals surface area contributed by atoms with E-state index in [0.29, 0.717) is 11.1 Å². The van der Waals surface area contributed by atoms with E-state index in [9.17, 15) is 4.39 Å². The maximum Gasteiger partial charge on any atom is 0.124 e. The van der Waals surface area contributed by atoms with Crippen molar-refractivity contribution in [2.24, 2.45) is 5.73 Å². The summed E-state index contributed by atoms with van der Waals surface area (Å²) in [4.78, 5) is 0. The van der Waals surface area contributed by atoms with Gasteiger partial charge in [-0.05, 0) is 37.1 Å². The van der Waals surface area contributed by atoms with E-state index in [1.54, 1.807) is 13.8 Å². The molecule has 0 spiro atoms. The van der Waals surface area contributed by atoms with Gasteiger partial charge in [0.15, 0.2) is 0 Å². The van der Waals surface area contributed by atoms with Crippen LogP contribution in [-0.4, -0.2) is 0 Å². The van der Waals surface area contributed by atoms with E-state index < -0.39 is 5.82 Å². The van der Waals surface area contributed by atoms with E-state index in [2.05, 4.69) is 0 Å². The van der Waals surface area contributed by atoms with Crippen LogP contribution in [0.4, 0.5) is 4.39 Å². The van der Waals surface area contributed by atoms with Gasteiger partial charge >= 0.3 is 0 Å². The summed E-state index contributed by atoms with van der Waals surface area (Å²) in [6, 6.07) is 4.29. The van der Waals surface area contributed by atoms with Crippen LogP contribution in [0.15, 0.2) is 12.1 Å². The third-order valence-corrected chi connectivity index (χ3v) is 2.02. The van der Waals surface area contributed by atoms with Crippen LogP contribution < -0.4 is 5.73 Å². The number of benzene rings is 1. The molecule has 0 aliphatic heterocycles. The number of hydrogen-bond donors (Lipinski definition) is 1. The summed E-state index contributed by atoms with van der Waals surface area (Å²) >= 11 is 0. The molecular weight excluding hydrogens is 203 g/mol. The van der Waals surface area contributed by atoms with E-state index in [1.165, 1.54) is 12.1 Å². The minimum Gasteiger partial charge on any atom is -0.324 e. The molecule has 0 fully saturated rings. The van der Waals surface area contributed by atoms with Gasteiger partial charge in [0.1, 0.15) is 5.82 Å². The topological polar surface area (TPSA) is 49.8 Å². The van der Waals surface area contributed by atoms with Crippen LogP contribution in [0.3, 0.4) is 0 Å². The molecule has 0 saturated heterocycles. The SMILES string of the molecule is Cc1c(C#N)cc(F)cc1C(C)N.Cl. The second kappa shape index (κ2) is 4.94. The van der Waals surface area contributed by atoms with Gasteiger partial charge in [-0.15, -0.1) is 12.4 Å². The van der Waals surface area contributed by atoms with Crippen LogP contribution in [-0.2, 0) is 0 Å².